The van der Waals surface area contributed by atoms with Crippen LogP contribution >= 0.6 is 27.7 Å². The molecule has 37 heavy (non-hydrogen) atoms. The first-order valence-corrected chi connectivity index (χ1v) is 13.3. The van der Waals surface area contributed by atoms with Crippen LogP contribution in [-0.2, 0) is 11.3 Å². The van der Waals surface area contributed by atoms with Gasteiger partial charge in [-0.1, -0.05) is 58.9 Å². The van der Waals surface area contributed by atoms with E-state index in [4.69, 9.17) is 19.2 Å². The number of ether oxygens (including phenoxy) is 3. The van der Waals surface area contributed by atoms with Gasteiger partial charge in [-0.15, -0.1) is 0 Å². The van der Waals surface area contributed by atoms with Crippen molar-refractivity contribution < 1.29 is 19.0 Å². The molecule has 3 aromatic rings. The number of rotatable bonds is 10. The normalized spacial score (nSPS) is 15.3. The van der Waals surface area contributed by atoms with Crippen molar-refractivity contribution in [1.29, 1.82) is 0 Å². The van der Waals surface area contributed by atoms with E-state index in [0.717, 1.165) is 27.0 Å². The number of amidine groups is 1. The van der Waals surface area contributed by atoms with E-state index < -0.39 is 0 Å². The van der Waals surface area contributed by atoms with Gasteiger partial charge in [-0.2, -0.15) is 0 Å². The third kappa shape index (κ3) is 6.64. The Kier molecular flexibility index (Phi) is 9.09. The standard InChI is InChI=1S/C29H27BrN2O4S/c1-4-15-36-26-18-24(30)21(16-25(26)35-5-2)17-27-28(33)32(19-20-11-13-23(34-3)14-12-20)29(37-27)31-22-9-7-6-8-10-22/h4,6-14,16-18H,1,5,15,19H2,2-3H3/b27-17-,31-29?. The first-order valence-electron chi connectivity index (χ1n) is 11.7. The summed E-state index contributed by atoms with van der Waals surface area (Å²) in [5.41, 5.74) is 2.55. The molecule has 1 fully saturated rings. The van der Waals surface area contributed by atoms with Crippen LogP contribution < -0.4 is 14.2 Å². The maximum atomic E-state index is 13.6. The fraction of sp³-hybridized carbons (Fsp3) is 0.172. The highest BCUT2D eigenvalue weighted by Crippen LogP contribution is 2.39. The maximum Gasteiger partial charge on any atom is 0.267 e. The number of carbonyl (C=O) groups excluding carboxylic acids is 1. The van der Waals surface area contributed by atoms with Crippen molar-refractivity contribution in [3.05, 3.63) is 99.9 Å². The Morgan fingerprint density at radius 2 is 1.78 bits per heavy atom. The summed E-state index contributed by atoms with van der Waals surface area (Å²) in [6.45, 7) is 6.85. The lowest BCUT2D eigenvalue weighted by Crippen LogP contribution is -2.28. The van der Waals surface area contributed by atoms with Crippen LogP contribution in [0, 0.1) is 0 Å². The lowest BCUT2D eigenvalue weighted by atomic mass is 10.1. The average Bonchev–Trinajstić information content (AvgIpc) is 3.19. The summed E-state index contributed by atoms with van der Waals surface area (Å²) in [5, 5.41) is 0.616. The van der Waals surface area contributed by atoms with E-state index in [1.165, 1.54) is 11.8 Å². The molecule has 1 amide bonds. The number of para-hydroxylation sites is 1. The quantitative estimate of drug-likeness (QED) is 0.188. The van der Waals surface area contributed by atoms with E-state index in [9.17, 15) is 4.79 Å². The van der Waals surface area contributed by atoms with Gasteiger partial charge in [0, 0.05) is 4.47 Å². The van der Waals surface area contributed by atoms with Crippen molar-refractivity contribution >= 4 is 50.5 Å². The third-order valence-corrected chi connectivity index (χ3v) is 7.07. The molecule has 0 radical (unpaired) electrons. The van der Waals surface area contributed by atoms with Crippen molar-refractivity contribution in [3.8, 4) is 17.2 Å². The number of aliphatic imine (C=N–C) groups is 1. The van der Waals surface area contributed by atoms with Gasteiger partial charge in [0.1, 0.15) is 12.4 Å². The monoisotopic (exact) mass is 578 g/mol. The Hall–Kier alpha value is -3.49. The fourth-order valence-corrected chi connectivity index (χ4v) is 5.02. The highest BCUT2D eigenvalue weighted by Gasteiger charge is 2.33. The number of nitrogens with zero attached hydrogens (tertiary/aromatic N) is 2. The smallest absolute Gasteiger partial charge is 0.267 e. The van der Waals surface area contributed by atoms with Crippen LogP contribution in [0.3, 0.4) is 0 Å². The summed E-state index contributed by atoms with van der Waals surface area (Å²) in [6, 6.07) is 21.0. The summed E-state index contributed by atoms with van der Waals surface area (Å²) in [4.78, 5) is 20.7. The molecule has 1 aliphatic rings. The second-order valence-corrected chi connectivity index (χ2v) is 9.80. The van der Waals surface area contributed by atoms with Crippen LogP contribution in [-0.4, -0.2) is 36.3 Å². The summed E-state index contributed by atoms with van der Waals surface area (Å²) >= 11 is 4.97. The van der Waals surface area contributed by atoms with Gasteiger partial charge in [-0.05, 0) is 72.3 Å². The molecular weight excluding hydrogens is 552 g/mol. The summed E-state index contributed by atoms with van der Waals surface area (Å²) < 4.78 is 17.6. The van der Waals surface area contributed by atoms with Crippen LogP contribution in [0.4, 0.5) is 5.69 Å². The van der Waals surface area contributed by atoms with Crippen molar-refractivity contribution in [3.63, 3.8) is 0 Å². The van der Waals surface area contributed by atoms with Gasteiger partial charge in [-0.25, -0.2) is 4.99 Å². The molecule has 4 rings (SSSR count). The molecule has 0 bridgehead atoms. The Morgan fingerprint density at radius 3 is 2.46 bits per heavy atom. The van der Waals surface area contributed by atoms with E-state index in [1.807, 2.05) is 79.7 Å². The number of carbonyl (C=O) groups is 1. The number of benzene rings is 3. The highest BCUT2D eigenvalue weighted by atomic mass is 79.9. The van der Waals surface area contributed by atoms with E-state index in [-0.39, 0.29) is 5.91 Å². The van der Waals surface area contributed by atoms with Crippen LogP contribution in [0.5, 0.6) is 17.2 Å². The van der Waals surface area contributed by atoms with Gasteiger partial charge in [-0.3, -0.25) is 9.69 Å². The molecule has 0 unspecified atom stereocenters. The molecular formula is C29H27BrN2O4S. The SMILES string of the molecule is C=CCOc1cc(Br)c(/C=C2\SC(=Nc3ccccc3)N(Cc3ccc(OC)cc3)C2=O)cc1OCC. The van der Waals surface area contributed by atoms with E-state index in [0.29, 0.717) is 41.3 Å². The van der Waals surface area contributed by atoms with Crippen LogP contribution in [0.15, 0.2) is 93.8 Å². The lowest BCUT2D eigenvalue weighted by Gasteiger charge is -2.16. The number of halogens is 1. The molecule has 0 saturated carbocycles. The van der Waals surface area contributed by atoms with E-state index in [1.54, 1.807) is 18.1 Å². The topological polar surface area (TPSA) is 60.4 Å². The van der Waals surface area contributed by atoms with Crippen molar-refractivity contribution in [2.45, 2.75) is 13.5 Å². The van der Waals surface area contributed by atoms with Gasteiger partial charge in [0.2, 0.25) is 0 Å². The second kappa shape index (κ2) is 12.7. The third-order valence-electron chi connectivity index (χ3n) is 5.37. The summed E-state index contributed by atoms with van der Waals surface area (Å²) in [6.07, 6.45) is 3.53. The molecule has 0 spiro atoms. The summed E-state index contributed by atoms with van der Waals surface area (Å²) in [5.74, 6) is 1.85. The predicted octanol–water partition coefficient (Wildman–Crippen LogP) is 7.23. The minimum Gasteiger partial charge on any atom is -0.497 e. The van der Waals surface area contributed by atoms with Crippen molar-refractivity contribution in [2.24, 2.45) is 4.99 Å². The van der Waals surface area contributed by atoms with Gasteiger partial charge in [0.15, 0.2) is 16.7 Å². The summed E-state index contributed by atoms with van der Waals surface area (Å²) in [7, 11) is 1.63. The molecule has 0 atom stereocenters. The predicted molar refractivity (Wildman–Crippen MR) is 154 cm³/mol. The molecule has 0 N–H and O–H groups in total. The zero-order chi connectivity index (χ0) is 26.2. The fourth-order valence-electron chi connectivity index (χ4n) is 3.59. The van der Waals surface area contributed by atoms with Gasteiger partial charge in [0.05, 0.1) is 30.9 Å². The van der Waals surface area contributed by atoms with Crippen molar-refractivity contribution in [1.82, 2.24) is 4.90 Å². The number of thioether (sulfide) groups is 1. The zero-order valence-corrected chi connectivity index (χ0v) is 23.1. The second-order valence-electron chi connectivity index (χ2n) is 7.93. The first-order chi connectivity index (χ1) is 18.0. The number of hydrogen-bond donors (Lipinski definition) is 0. The van der Waals surface area contributed by atoms with Gasteiger partial charge < -0.3 is 14.2 Å². The Bertz CT molecular complexity index is 1320. The molecule has 0 aromatic heterocycles. The minimum atomic E-state index is -0.118. The Labute approximate surface area is 229 Å². The molecule has 8 heteroatoms. The van der Waals surface area contributed by atoms with Crippen LogP contribution in [0.25, 0.3) is 6.08 Å². The van der Waals surface area contributed by atoms with Gasteiger partial charge >= 0.3 is 0 Å². The number of hydrogen-bond acceptors (Lipinski definition) is 6. The largest absolute Gasteiger partial charge is 0.497 e. The van der Waals surface area contributed by atoms with Crippen LogP contribution in [0.1, 0.15) is 18.1 Å². The number of amides is 1. The Balaban J connectivity index is 1.70. The first kappa shape index (κ1) is 26.6. The van der Waals surface area contributed by atoms with Crippen molar-refractivity contribution in [2.75, 3.05) is 20.3 Å². The van der Waals surface area contributed by atoms with E-state index >= 15 is 0 Å². The molecule has 1 heterocycles. The maximum absolute atomic E-state index is 13.6. The molecule has 1 aliphatic heterocycles. The molecule has 1 saturated heterocycles. The lowest BCUT2D eigenvalue weighted by molar-refractivity contribution is -0.122. The molecule has 3 aromatic carbocycles. The Morgan fingerprint density at radius 1 is 1.05 bits per heavy atom. The minimum absolute atomic E-state index is 0.118. The van der Waals surface area contributed by atoms with Crippen LogP contribution in [0.2, 0.25) is 0 Å². The molecule has 190 valence electrons. The van der Waals surface area contributed by atoms with Gasteiger partial charge in [0.25, 0.3) is 5.91 Å². The highest BCUT2D eigenvalue weighted by molar-refractivity contribution is 9.10. The number of methoxy groups -OCH3 is 1. The molecule has 6 nitrogen and oxygen atoms in total. The van der Waals surface area contributed by atoms with E-state index in [2.05, 4.69) is 22.5 Å². The zero-order valence-electron chi connectivity index (χ0n) is 20.6. The molecule has 0 aliphatic carbocycles. The average molecular weight is 580 g/mol.